The van der Waals surface area contributed by atoms with Gasteiger partial charge in [-0.25, -0.2) is 4.98 Å². The second-order valence-corrected chi connectivity index (χ2v) is 4.37. The highest BCUT2D eigenvalue weighted by Crippen LogP contribution is 2.25. The number of para-hydroxylation sites is 1. The smallest absolute Gasteiger partial charge is 0.115 e. The molecule has 1 aromatic heterocycles. The van der Waals surface area contributed by atoms with E-state index in [0.717, 1.165) is 16.9 Å². The van der Waals surface area contributed by atoms with Crippen LogP contribution in [0, 0.1) is 0 Å². The first kappa shape index (κ1) is 9.98. The van der Waals surface area contributed by atoms with Gasteiger partial charge in [-0.3, -0.25) is 0 Å². The zero-order valence-corrected chi connectivity index (χ0v) is 8.91. The Hall–Kier alpha value is -1.55. The number of aromatic nitrogens is 2. The minimum Gasteiger partial charge on any atom is -0.397 e. The summed E-state index contributed by atoms with van der Waals surface area (Å²) in [4.78, 5) is 7.59. The van der Waals surface area contributed by atoms with E-state index < -0.39 is 0 Å². The van der Waals surface area contributed by atoms with Gasteiger partial charge in [0.25, 0.3) is 0 Å². The molecular weight excluding hydrogens is 190 g/mol. The summed E-state index contributed by atoms with van der Waals surface area (Å²) < 4.78 is 0. The number of nitrogens with zero attached hydrogens (tertiary/aromatic N) is 1. The van der Waals surface area contributed by atoms with Gasteiger partial charge in [0.2, 0.25) is 0 Å². The quantitative estimate of drug-likeness (QED) is 0.649. The van der Waals surface area contributed by atoms with Crippen LogP contribution in [0.5, 0.6) is 0 Å². The van der Waals surface area contributed by atoms with Crippen molar-refractivity contribution in [3.63, 3.8) is 0 Å². The van der Waals surface area contributed by atoms with Gasteiger partial charge in [0, 0.05) is 5.41 Å². The molecule has 0 aliphatic heterocycles. The highest BCUT2D eigenvalue weighted by Gasteiger charge is 2.23. The number of nitrogens with two attached hydrogens (primary N) is 1. The maximum atomic E-state index is 9.25. The number of aromatic amines is 1. The number of imidazole rings is 1. The predicted octanol–water partition coefficient (Wildman–Crippen LogP) is 1.42. The van der Waals surface area contributed by atoms with E-state index in [2.05, 4.69) is 9.97 Å². The van der Waals surface area contributed by atoms with Crippen molar-refractivity contribution in [1.82, 2.24) is 9.97 Å². The molecule has 15 heavy (non-hydrogen) atoms. The summed E-state index contributed by atoms with van der Waals surface area (Å²) in [5, 5.41) is 9.25. The van der Waals surface area contributed by atoms with E-state index in [0.29, 0.717) is 5.69 Å². The van der Waals surface area contributed by atoms with E-state index in [1.54, 1.807) is 0 Å². The van der Waals surface area contributed by atoms with Crippen molar-refractivity contribution in [1.29, 1.82) is 0 Å². The monoisotopic (exact) mass is 205 g/mol. The van der Waals surface area contributed by atoms with Crippen molar-refractivity contribution in [3.05, 3.63) is 24.0 Å². The number of rotatable bonds is 2. The van der Waals surface area contributed by atoms with Crippen molar-refractivity contribution in [2.45, 2.75) is 19.3 Å². The maximum absolute atomic E-state index is 9.25. The van der Waals surface area contributed by atoms with Crippen LogP contribution in [0.4, 0.5) is 5.69 Å². The van der Waals surface area contributed by atoms with Crippen LogP contribution in [0.25, 0.3) is 11.0 Å². The summed E-state index contributed by atoms with van der Waals surface area (Å²) in [5.74, 6) is 0.762. The lowest BCUT2D eigenvalue weighted by atomic mass is 9.94. The first-order valence-corrected chi connectivity index (χ1v) is 4.90. The van der Waals surface area contributed by atoms with Crippen LogP contribution in [0.2, 0.25) is 0 Å². The van der Waals surface area contributed by atoms with Crippen molar-refractivity contribution >= 4 is 16.7 Å². The maximum Gasteiger partial charge on any atom is 0.115 e. The fourth-order valence-corrected chi connectivity index (χ4v) is 1.45. The van der Waals surface area contributed by atoms with Gasteiger partial charge in [0.15, 0.2) is 0 Å². The lowest BCUT2D eigenvalue weighted by Gasteiger charge is -2.17. The van der Waals surface area contributed by atoms with Crippen molar-refractivity contribution in [2.75, 3.05) is 12.3 Å². The molecule has 80 valence electrons. The molecule has 0 aliphatic rings. The minimum absolute atomic E-state index is 0.0483. The third-order valence-corrected chi connectivity index (χ3v) is 2.58. The summed E-state index contributed by atoms with van der Waals surface area (Å²) in [5.41, 5.74) is 7.78. The molecule has 4 N–H and O–H groups in total. The summed E-state index contributed by atoms with van der Waals surface area (Å²) in [6, 6.07) is 5.63. The van der Waals surface area contributed by atoms with Gasteiger partial charge >= 0.3 is 0 Å². The molecule has 4 heteroatoms. The van der Waals surface area contributed by atoms with Crippen molar-refractivity contribution in [2.24, 2.45) is 0 Å². The van der Waals surface area contributed by atoms with E-state index in [1.165, 1.54) is 0 Å². The number of fused-ring (bicyclic) bond motifs is 1. The number of H-pyrrole nitrogens is 1. The topological polar surface area (TPSA) is 74.9 Å². The molecule has 0 radical (unpaired) electrons. The third kappa shape index (κ3) is 1.57. The van der Waals surface area contributed by atoms with Crippen LogP contribution in [0.1, 0.15) is 19.7 Å². The van der Waals surface area contributed by atoms with Gasteiger partial charge in [-0.05, 0) is 12.1 Å². The number of benzene rings is 1. The molecule has 1 aromatic carbocycles. The average molecular weight is 205 g/mol. The highest BCUT2D eigenvalue weighted by atomic mass is 16.3. The molecule has 0 aliphatic carbocycles. The van der Waals surface area contributed by atoms with Crippen molar-refractivity contribution in [3.8, 4) is 0 Å². The molecule has 0 bridgehead atoms. The fraction of sp³-hybridized carbons (Fsp3) is 0.364. The third-order valence-electron chi connectivity index (χ3n) is 2.58. The number of nitrogens with one attached hydrogen (secondary N) is 1. The Morgan fingerprint density at radius 1 is 1.47 bits per heavy atom. The van der Waals surface area contributed by atoms with Gasteiger partial charge in [-0.2, -0.15) is 0 Å². The Kier molecular flexibility index (Phi) is 2.16. The number of hydrogen-bond donors (Lipinski definition) is 3. The largest absolute Gasteiger partial charge is 0.397 e. The van der Waals surface area contributed by atoms with Crippen LogP contribution in [0.3, 0.4) is 0 Å². The second-order valence-electron chi connectivity index (χ2n) is 4.37. The Bertz CT molecular complexity index is 488. The van der Waals surface area contributed by atoms with Crippen LogP contribution in [0.15, 0.2) is 18.2 Å². The fourth-order valence-electron chi connectivity index (χ4n) is 1.45. The normalized spacial score (nSPS) is 12.2. The second kappa shape index (κ2) is 3.24. The van der Waals surface area contributed by atoms with Crippen LogP contribution in [-0.2, 0) is 5.41 Å². The Morgan fingerprint density at radius 2 is 2.20 bits per heavy atom. The number of aliphatic hydroxyl groups excluding tert-OH is 1. The molecule has 0 unspecified atom stereocenters. The molecule has 2 aromatic rings. The van der Waals surface area contributed by atoms with Crippen LogP contribution >= 0.6 is 0 Å². The van der Waals surface area contributed by atoms with E-state index in [-0.39, 0.29) is 12.0 Å². The van der Waals surface area contributed by atoms with Gasteiger partial charge in [0.05, 0.1) is 17.8 Å². The molecule has 0 fully saturated rings. The number of nitrogen functional groups attached to an aromatic ring is 1. The van der Waals surface area contributed by atoms with Gasteiger partial charge in [-0.1, -0.05) is 19.9 Å². The Labute approximate surface area is 88.1 Å². The standard InChI is InChI=1S/C11H15N3O/c1-11(2,6-15)10-13-8-5-3-4-7(12)9(8)14-10/h3-5,15H,6,12H2,1-2H3,(H,13,14). The van der Waals surface area contributed by atoms with Gasteiger partial charge in [0.1, 0.15) is 11.3 Å². The number of hydrogen-bond acceptors (Lipinski definition) is 3. The molecular formula is C11H15N3O. The summed E-state index contributed by atoms with van der Waals surface area (Å²) in [6.07, 6.45) is 0. The zero-order chi connectivity index (χ0) is 11.1. The van der Waals surface area contributed by atoms with E-state index >= 15 is 0 Å². The van der Waals surface area contributed by atoms with Crippen LogP contribution < -0.4 is 5.73 Å². The predicted molar refractivity (Wildman–Crippen MR) is 60.6 cm³/mol. The molecule has 0 spiro atoms. The first-order chi connectivity index (χ1) is 7.04. The van der Waals surface area contributed by atoms with Gasteiger partial charge in [-0.15, -0.1) is 0 Å². The first-order valence-electron chi connectivity index (χ1n) is 4.90. The number of aliphatic hydroxyl groups is 1. The SMILES string of the molecule is CC(C)(CO)c1nc2c(N)cccc2[nH]1. The molecule has 2 rings (SSSR count). The molecule has 1 heterocycles. The van der Waals surface area contributed by atoms with E-state index in [4.69, 9.17) is 5.73 Å². The summed E-state index contributed by atoms with van der Waals surface area (Å²) in [7, 11) is 0. The summed E-state index contributed by atoms with van der Waals surface area (Å²) >= 11 is 0. The average Bonchev–Trinajstić information content (AvgIpc) is 2.64. The summed E-state index contributed by atoms with van der Waals surface area (Å²) in [6.45, 7) is 3.91. The Morgan fingerprint density at radius 3 is 2.80 bits per heavy atom. The van der Waals surface area contributed by atoms with Crippen molar-refractivity contribution < 1.29 is 5.11 Å². The van der Waals surface area contributed by atoms with E-state index in [1.807, 2.05) is 32.0 Å². The molecule has 0 atom stereocenters. The molecule has 4 nitrogen and oxygen atoms in total. The zero-order valence-electron chi connectivity index (χ0n) is 8.91. The lowest BCUT2D eigenvalue weighted by Crippen LogP contribution is -2.23. The highest BCUT2D eigenvalue weighted by molar-refractivity contribution is 5.87. The molecule has 0 amide bonds. The lowest BCUT2D eigenvalue weighted by molar-refractivity contribution is 0.213. The Balaban J connectivity index is 2.62. The molecule has 0 saturated carbocycles. The number of anilines is 1. The van der Waals surface area contributed by atoms with Crippen LogP contribution in [-0.4, -0.2) is 21.7 Å². The van der Waals surface area contributed by atoms with Gasteiger partial charge < -0.3 is 15.8 Å². The molecule has 0 saturated heterocycles. The minimum atomic E-state index is -0.370. The van der Waals surface area contributed by atoms with E-state index in [9.17, 15) is 5.11 Å².